The summed E-state index contributed by atoms with van der Waals surface area (Å²) in [4.78, 5) is 2.24. The lowest BCUT2D eigenvalue weighted by molar-refractivity contribution is 0.0558. The summed E-state index contributed by atoms with van der Waals surface area (Å²) in [6, 6.07) is 0. The van der Waals surface area contributed by atoms with Crippen LogP contribution < -0.4 is 5.73 Å². The van der Waals surface area contributed by atoms with Gasteiger partial charge in [0.25, 0.3) is 0 Å². The molecular formula is C7H16N2O. The molecule has 3 heteroatoms. The first-order valence-corrected chi connectivity index (χ1v) is 3.77. The molecule has 1 aliphatic rings. The molecule has 60 valence electrons. The molecule has 3 N–H and O–H groups in total. The van der Waals surface area contributed by atoms with E-state index in [1.165, 1.54) is 0 Å². The number of likely N-dealkylation sites (tertiary alicyclic amines) is 1. The van der Waals surface area contributed by atoms with Gasteiger partial charge in [0.05, 0.1) is 0 Å². The highest BCUT2D eigenvalue weighted by Crippen LogP contribution is 2.20. The van der Waals surface area contributed by atoms with E-state index in [0.717, 1.165) is 13.1 Å². The molecule has 1 rings (SSSR count). The van der Waals surface area contributed by atoms with Crippen molar-refractivity contribution in [2.24, 2.45) is 17.6 Å². The molecule has 0 spiro atoms. The number of hydrogen-bond acceptors (Lipinski definition) is 3. The molecule has 0 radical (unpaired) electrons. The third-order valence-corrected chi connectivity index (χ3v) is 2.30. The van der Waals surface area contributed by atoms with E-state index in [0.29, 0.717) is 18.4 Å². The van der Waals surface area contributed by atoms with Crippen molar-refractivity contribution in [3.63, 3.8) is 0 Å². The molecule has 1 unspecified atom stereocenters. The molecule has 0 aliphatic carbocycles. The molecule has 0 saturated carbocycles. The number of aliphatic hydroxyl groups is 1. The zero-order valence-corrected chi connectivity index (χ0v) is 6.45. The lowest BCUT2D eigenvalue weighted by Gasteiger charge is -2.40. The van der Waals surface area contributed by atoms with Crippen LogP contribution >= 0.6 is 0 Å². The van der Waals surface area contributed by atoms with E-state index in [2.05, 4.69) is 11.9 Å². The average Bonchev–Trinajstić information content (AvgIpc) is 1.87. The minimum atomic E-state index is 0.245. The van der Waals surface area contributed by atoms with Crippen molar-refractivity contribution in [2.45, 2.75) is 0 Å². The standard InChI is InChI=1S/C7H16N2O/c1-9-3-7(4-9)6(2-8)5-10/h6-7,10H,2-5,8H2,1H3. The molecule has 1 aliphatic heterocycles. The Labute approximate surface area is 61.8 Å². The van der Waals surface area contributed by atoms with Crippen LogP contribution in [0.3, 0.4) is 0 Å². The Morgan fingerprint density at radius 1 is 1.70 bits per heavy atom. The first kappa shape index (κ1) is 7.98. The van der Waals surface area contributed by atoms with Gasteiger partial charge in [0.1, 0.15) is 0 Å². The number of nitrogens with zero attached hydrogens (tertiary/aromatic N) is 1. The van der Waals surface area contributed by atoms with Gasteiger partial charge in [-0.05, 0) is 25.4 Å². The second-order valence-corrected chi connectivity index (χ2v) is 3.16. The van der Waals surface area contributed by atoms with Crippen molar-refractivity contribution in [1.29, 1.82) is 0 Å². The molecule has 1 heterocycles. The van der Waals surface area contributed by atoms with Crippen LogP contribution in [0.1, 0.15) is 0 Å². The topological polar surface area (TPSA) is 49.5 Å². The zero-order valence-electron chi connectivity index (χ0n) is 6.45. The van der Waals surface area contributed by atoms with Crippen molar-refractivity contribution in [3.05, 3.63) is 0 Å². The summed E-state index contributed by atoms with van der Waals surface area (Å²) in [6.45, 7) is 3.06. The van der Waals surface area contributed by atoms with Gasteiger partial charge in [-0.1, -0.05) is 0 Å². The monoisotopic (exact) mass is 144 g/mol. The van der Waals surface area contributed by atoms with Crippen LogP contribution in [0.25, 0.3) is 0 Å². The Morgan fingerprint density at radius 3 is 2.60 bits per heavy atom. The number of rotatable bonds is 3. The molecule has 0 bridgehead atoms. The summed E-state index contributed by atoms with van der Waals surface area (Å²) >= 11 is 0. The Hall–Kier alpha value is -0.120. The molecule has 10 heavy (non-hydrogen) atoms. The van der Waals surface area contributed by atoms with Gasteiger partial charge in [-0.3, -0.25) is 0 Å². The molecule has 0 aromatic heterocycles. The van der Waals surface area contributed by atoms with Gasteiger partial charge in [0.2, 0.25) is 0 Å². The Bertz CT molecular complexity index is 97.8. The first-order valence-electron chi connectivity index (χ1n) is 3.77. The van der Waals surface area contributed by atoms with Crippen molar-refractivity contribution in [2.75, 3.05) is 33.3 Å². The van der Waals surface area contributed by atoms with Crippen molar-refractivity contribution >= 4 is 0 Å². The highest BCUT2D eigenvalue weighted by molar-refractivity contribution is 4.82. The minimum absolute atomic E-state index is 0.245. The van der Waals surface area contributed by atoms with Crippen LogP contribution in [0.4, 0.5) is 0 Å². The summed E-state index contributed by atoms with van der Waals surface area (Å²) < 4.78 is 0. The minimum Gasteiger partial charge on any atom is -0.396 e. The predicted molar refractivity (Wildman–Crippen MR) is 40.6 cm³/mol. The van der Waals surface area contributed by atoms with Gasteiger partial charge in [0, 0.05) is 19.7 Å². The van der Waals surface area contributed by atoms with E-state index in [1.54, 1.807) is 0 Å². The van der Waals surface area contributed by atoms with Gasteiger partial charge in [0.15, 0.2) is 0 Å². The van der Waals surface area contributed by atoms with Crippen LogP contribution in [0.5, 0.6) is 0 Å². The van der Waals surface area contributed by atoms with Crippen molar-refractivity contribution < 1.29 is 5.11 Å². The third-order valence-electron chi connectivity index (χ3n) is 2.30. The predicted octanol–water partition coefficient (Wildman–Crippen LogP) is -0.885. The SMILES string of the molecule is CN1CC(C(CN)CO)C1. The smallest absolute Gasteiger partial charge is 0.0474 e. The molecule has 0 amide bonds. The van der Waals surface area contributed by atoms with E-state index in [-0.39, 0.29) is 6.61 Å². The van der Waals surface area contributed by atoms with Crippen molar-refractivity contribution in [3.8, 4) is 0 Å². The van der Waals surface area contributed by atoms with Gasteiger partial charge < -0.3 is 15.7 Å². The highest BCUT2D eigenvalue weighted by Gasteiger charge is 2.29. The van der Waals surface area contributed by atoms with Gasteiger partial charge >= 0.3 is 0 Å². The summed E-state index contributed by atoms with van der Waals surface area (Å²) in [7, 11) is 2.08. The van der Waals surface area contributed by atoms with E-state index in [4.69, 9.17) is 10.8 Å². The van der Waals surface area contributed by atoms with Gasteiger partial charge in [-0.25, -0.2) is 0 Å². The van der Waals surface area contributed by atoms with Crippen LogP contribution in [0.2, 0.25) is 0 Å². The second-order valence-electron chi connectivity index (χ2n) is 3.16. The second kappa shape index (κ2) is 3.32. The number of hydrogen-bond donors (Lipinski definition) is 2. The molecular weight excluding hydrogens is 128 g/mol. The highest BCUT2D eigenvalue weighted by atomic mass is 16.3. The summed E-state index contributed by atoms with van der Waals surface area (Å²) in [5.74, 6) is 0.969. The normalized spacial score (nSPS) is 24.3. The van der Waals surface area contributed by atoms with Crippen LogP contribution in [-0.2, 0) is 0 Å². The van der Waals surface area contributed by atoms with Crippen LogP contribution in [-0.4, -0.2) is 43.3 Å². The number of nitrogens with two attached hydrogens (primary N) is 1. The lowest BCUT2D eigenvalue weighted by Crippen LogP contribution is -2.50. The third kappa shape index (κ3) is 1.48. The molecule has 1 saturated heterocycles. The molecule has 0 aromatic rings. The Morgan fingerprint density at radius 2 is 2.30 bits per heavy atom. The Balaban J connectivity index is 2.21. The Kier molecular flexibility index (Phi) is 2.65. The molecule has 0 aromatic carbocycles. The maximum atomic E-state index is 8.85. The van der Waals surface area contributed by atoms with E-state index < -0.39 is 0 Å². The first-order chi connectivity index (χ1) is 4.77. The van der Waals surface area contributed by atoms with Crippen LogP contribution in [0, 0.1) is 11.8 Å². The summed E-state index contributed by atoms with van der Waals surface area (Å²) in [5.41, 5.74) is 5.46. The van der Waals surface area contributed by atoms with Gasteiger partial charge in [-0.2, -0.15) is 0 Å². The number of aliphatic hydroxyl groups excluding tert-OH is 1. The summed E-state index contributed by atoms with van der Waals surface area (Å²) in [6.07, 6.45) is 0. The van der Waals surface area contributed by atoms with Gasteiger partial charge in [-0.15, -0.1) is 0 Å². The lowest BCUT2D eigenvalue weighted by atomic mass is 9.87. The fraction of sp³-hybridized carbons (Fsp3) is 1.00. The van der Waals surface area contributed by atoms with E-state index in [9.17, 15) is 0 Å². The molecule has 1 atom stereocenters. The van der Waals surface area contributed by atoms with Crippen LogP contribution in [0.15, 0.2) is 0 Å². The van der Waals surface area contributed by atoms with Crippen molar-refractivity contribution in [1.82, 2.24) is 4.90 Å². The van der Waals surface area contributed by atoms with E-state index in [1.807, 2.05) is 0 Å². The molecule has 3 nitrogen and oxygen atoms in total. The summed E-state index contributed by atoms with van der Waals surface area (Å²) in [5, 5.41) is 8.85. The average molecular weight is 144 g/mol. The maximum absolute atomic E-state index is 8.85. The molecule has 1 fully saturated rings. The van der Waals surface area contributed by atoms with E-state index >= 15 is 0 Å². The largest absolute Gasteiger partial charge is 0.396 e. The maximum Gasteiger partial charge on any atom is 0.0474 e. The fourth-order valence-corrected chi connectivity index (χ4v) is 1.46. The quantitative estimate of drug-likeness (QED) is 0.540. The fourth-order valence-electron chi connectivity index (χ4n) is 1.46. The zero-order chi connectivity index (χ0) is 7.56.